The summed E-state index contributed by atoms with van der Waals surface area (Å²) in [5.74, 6) is 4.05. The Kier molecular flexibility index (Phi) is 6.14. The van der Waals surface area contributed by atoms with Crippen LogP contribution in [0.25, 0.3) is 11.1 Å². The van der Waals surface area contributed by atoms with Gasteiger partial charge in [-0.05, 0) is 84.6 Å². The van der Waals surface area contributed by atoms with E-state index in [4.69, 9.17) is 18.9 Å². The van der Waals surface area contributed by atoms with Gasteiger partial charge in [0.2, 0.25) is 5.75 Å². The lowest BCUT2D eigenvalue weighted by Gasteiger charge is -2.49. The van der Waals surface area contributed by atoms with Crippen LogP contribution >= 0.6 is 0 Å². The van der Waals surface area contributed by atoms with Crippen LogP contribution < -0.4 is 18.9 Å². The first-order valence-electron chi connectivity index (χ1n) is 15.3. The van der Waals surface area contributed by atoms with Gasteiger partial charge in [0, 0.05) is 47.7 Å². The molecule has 7 bridgehead atoms. The Morgan fingerprint density at radius 1 is 0.841 bits per heavy atom. The fourth-order valence-corrected chi connectivity index (χ4v) is 7.62. The second-order valence-electron chi connectivity index (χ2n) is 12.7. The largest absolute Gasteiger partial charge is 0.633 e. The summed E-state index contributed by atoms with van der Waals surface area (Å²) < 4.78 is 24.7. The predicted molar refractivity (Wildman–Crippen MR) is 167 cm³/mol. The number of hydroxylamine groups is 3. The van der Waals surface area contributed by atoms with Crippen molar-refractivity contribution in [3.8, 4) is 51.4 Å². The van der Waals surface area contributed by atoms with Gasteiger partial charge < -0.3 is 33.9 Å². The molecular formula is C36H36N2O6. The first-order valence-corrected chi connectivity index (χ1v) is 15.3. The average molecular weight is 593 g/mol. The Bertz CT molecular complexity index is 1830. The van der Waals surface area contributed by atoms with Gasteiger partial charge in [-0.15, -0.1) is 0 Å². The number of ether oxygens (including phenoxy) is 4. The first kappa shape index (κ1) is 27.3. The summed E-state index contributed by atoms with van der Waals surface area (Å²) in [5.41, 5.74) is 7.93. The maximum absolute atomic E-state index is 14.0. The number of likely N-dealkylation sites (N-methyl/N-ethyl adjacent to an activating group) is 2. The number of rotatable bonds is 2. The van der Waals surface area contributed by atoms with Crippen LogP contribution in [0.3, 0.4) is 0 Å². The smallest absolute Gasteiger partial charge is 0.212 e. The van der Waals surface area contributed by atoms with Crippen molar-refractivity contribution in [1.82, 2.24) is 4.90 Å². The van der Waals surface area contributed by atoms with Crippen LogP contribution in [0.15, 0.2) is 54.6 Å². The molecule has 0 saturated carbocycles. The Morgan fingerprint density at radius 2 is 1.57 bits per heavy atom. The fraction of sp³-hybridized carbons (Fsp3) is 0.333. The molecule has 0 fully saturated rings. The topological polar surface area (TPSA) is 83.5 Å². The van der Waals surface area contributed by atoms with Crippen molar-refractivity contribution in [1.29, 1.82) is 0 Å². The molecule has 0 unspecified atom stereocenters. The number of hydrogen-bond acceptors (Lipinski definition) is 7. The third-order valence-corrected chi connectivity index (χ3v) is 10.1. The van der Waals surface area contributed by atoms with Gasteiger partial charge in [0.25, 0.3) is 0 Å². The highest BCUT2D eigenvalue weighted by molar-refractivity contribution is 5.77. The highest BCUT2D eigenvalue weighted by Gasteiger charge is 2.39. The number of methoxy groups -OCH3 is 2. The summed E-state index contributed by atoms with van der Waals surface area (Å²) in [7, 11) is 7.22. The predicted octanol–water partition coefficient (Wildman–Crippen LogP) is 6.84. The van der Waals surface area contributed by atoms with Gasteiger partial charge in [0.05, 0.1) is 27.8 Å². The summed E-state index contributed by atoms with van der Waals surface area (Å²) in [6, 6.07) is 17.7. The molecule has 8 heteroatoms. The maximum atomic E-state index is 14.0. The number of quaternary nitrogens is 1. The van der Waals surface area contributed by atoms with Crippen molar-refractivity contribution >= 4 is 0 Å². The van der Waals surface area contributed by atoms with E-state index in [1.54, 1.807) is 27.3 Å². The Balaban J connectivity index is 1.41. The number of phenols is 1. The maximum Gasteiger partial charge on any atom is 0.212 e. The zero-order chi connectivity index (χ0) is 30.3. The lowest BCUT2D eigenvalue weighted by molar-refractivity contribution is -0.894. The van der Waals surface area contributed by atoms with Gasteiger partial charge in [-0.25, -0.2) is 0 Å². The van der Waals surface area contributed by atoms with Crippen LogP contribution in [-0.4, -0.2) is 56.1 Å². The van der Waals surface area contributed by atoms with Crippen LogP contribution in [0.2, 0.25) is 0 Å². The molecule has 4 aliphatic heterocycles. The second-order valence-corrected chi connectivity index (χ2v) is 12.7. The van der Waals surface area contributed by atoms with E-state index in [0.29, 0.717) is 65.9 Å². The van der Waals surface area contributed by atoms with Crippen LogP contribution in [-0.2, 0) is 25.7 Å². The average Bonchev–Trinajstić information content (AvgIpc) is 3.02. The monoisotopic (exact) mass is 592 g/mol. The molecular weight excluding hydrogens is 556 g/mol. The summed E-state index contributed by atoms with van der Waals surface area (Å²) in [6.07, 6.45) is 2.73. The lowest BCUT2D eigenvalue weighted by Crippen LogP contribution is -2.47. The molecule has 4 heterocycles. The second kappa shape index (κ2) is 9.89. The van der Waals surface area contributed by atoms with E-state index in [1.807, 2.05) is 30.3 Å². The van der Waals surface area contributed by atoms with E-state index >= 15 is 0 Å². The molecule has 3 atom stereocenters. The normalized spacial score (nSPS) is 23.0. The van der Waals surface area contributed by atoms with Gasteiger partial charge in [-0.1, -0.05) is 12.1 Å². The van der Waals surface area contributed by atoms with Crippen molar-refractivity contribution in [3.63, 3.8) is 0 Å². The third-order valence-electron chi connectivity index (χ3n) is 10.1. The molecule has 0 amide bonds. The summed E-state index contributed by atoms with van der Waals surface area (Å²) >= 11 is 0. The Morgan fingerprint density at radius 3 is 2.39 bits per heavy atom. The minimum Gasteiger partial charge on any atom is -0.633 e. The first-order chi connectivity index (χ1) is 21.2. The molecule has 0 spiro atoms. The lowest BCUT2D eigenvalue weighted by atomic mass is 9.85. The van der Waals surface area contributed by atoms with Crippen molar-refractivity contribution < 1.29 is 28.7 Å². The minimum atomic E-state index is -0.395. The SMILES string of the molecule is COc1ccc2cc1-c1cc(ccc1O)C[C@H]1c3cc4c(cc3CC[N@+]1(C)[O-])Oc1c(OC)cc3c(c1O4)[C@H](C2)N(C)CC3. The van der Waals surface area contributed by atoms with E-state index in [-0.39, 0.29) is 17.8 Å². The van der Waals surface area contributed by atoms with Gasteiger partial charge in [0.15, 0.2) is 23.0 Å². The number of fused-ring (bicyclic) bond motifs is 5. The van der Waals surface area contributed by atoms with Crippen molar-refractivity contribution in [3.05, 3.63) is 93.2 Å². The Hall–Kier alpha value is -4.24. The minimum absolute atomic E-state index is 0.00427. The number of phenolic OH excluding ortho intramolecular Hbond substituents is 1. The van der Waals surface area contributed by atoms with Gasteiger partial charge in [-0.3, -0.25) is 4.90 Å². The summed E-state index contributed by atoms with van der Waals surface area (Å²) in [4.78, 5) is 2.36. The Labute approximate surface area is 257 Å². The standard InChI is InChI=1S/C36H36N2O6/c1-37-11-9-23-18-33(42-4)35-36-34(23)27(37)15-20-6-8-30(41-3)26(14-20)25-13-21(5-7-29(25)39)16-28-24-19-32(44-36)31(43-35)17-22(24)10-12-38(28,2)40/h5-8,13-14,17-19,27-28,39H,9-12,15-16H2,1-4H3/t27-,28-,38-/m0/s1. The summed E-state index contributed by atoms with van der Waals surface area (Å²) in [5, 5.41) is 25.2. The van der Waals surface area contributed by atoms with E-state index in [1.165, 1.54) is 5.56 Å². The molecule has 226 valence electrons. The molecule has 0 aliphatic carbocycles. The molecule has 44 heavy (non-hydrogen) atoms. The molecule has 8 nitrogen and oxygen atoms in total. The fourth-order valence-electron chi connectivity index (χ4n) is 7.62. The highest BCUT2D eigenvalue weighted by Crippen LogP contribution is 2.57. The van der Waals surface area contributed by atoms with Crippen LogP contribution in [0.5, 0.6) is 40.2 Å². The number of hydrogen-bond donors (Lipinski definition) is 1. The van der Waals surface area contributed by atoms with Gasteiger partial charge >= 0.3 is 0 Å². The quantitative estimate of drug-likeness (QED) is 0.177. The molecule has 0 saturated heterocycles. The van der Waals surface area contributed by atoms with E-state index < -0.39 is 4.65 Å². The molecule has 1 N–H and O–H groups in total. The molecule has 0 aromatic heterocycles. The van der Waals surface area contributed by atoms with Gasteiger partial charge in [-0.2, -0.15) is 0 Å². The zero-order valence-corrected chi connectivity index (χ0v) is 25.5. The van der Waals surface area contributed by atoms with E-state index in [2.05, 4.69) is 30.1 Å². The van der Waals surface area contributed by atoms with Crippen molar-refractivity contribution in [2.45, 2.75) is 37.8 Å². The van der Waals surface area contributed by atoms with Crippen molar-refractivity contribution in [2.75, 3.05) is 41.4 Å². The number of benzene rings is 4. The molecule has 8 rings (SSSR count). The highest BCUT2D eigenvalue weighted by atomic mass is 16.6. The van der Waals surface area contributed by atoms with Crippen molar-refractivity contribution in [2.24, 2.45) is 0 Å². The van der Waals surface area contributed by atoms with Crippen LogP contribution in [0.4, 0.5) is 0 Å². The van der Waals surface area contributed by atoms with E-state index in [9.17, 15) is 10.3 Å². The summed E-state index contributed by atoms with van der Waals surface area (Å²) in [6.45, 7) is 1.34. The van der Waals surface area contributed by atoms with Gasteiger partial charge in [0.1, 0.15) is 17.5 Å². The molecule has 4 aromatic carbocycles. The van der Waals surface area contributed by atoms with Crippen LogP contribution in [0.1, 0.15) is 45.5 Å². The van der Waals surface area contributed by atoms with Crippen LogP contribution in [0, 0.1) is 5.21 Å². The molecule has 4 aromatic rings. The zero-order valence-electron chi connectivity index (χ0n) is 25.5. The number of nitrogens with zero attached hydrogens (tertiary/aromatic N) is 2. The molecule has 0 radical (unpaired) electrons. The molecule has 4 aliphatic rings. The third kappa shape index (κ3) is 4.16. The van der Waals surface area contributed by atoms with E-state index in [0.717, 1.165) is 46.3 Å². The number of aromatic hydroxyl groups is 1.